The van der Waals surface area contributed by atoms with E-state index in [2.05, 4.69) is 75.1 Å². The fourth-order valence-electron chi connectivity index (χ4n) is 5.47. The third kappa shape index (κ3) is 4.34. The molecule has 5 nitrogen and oxygen atoms in total. The number of benzene rings is 1. The molecule has 0 saturated heterocycles. The van der Waals surface area contributed by atoms with Crippen molar-refractivity contribution < 1.29 is 9.53 Å². The molecule has 1 amide bonds. The molecule has 3 aliphatic rings. The molecule has 5 heteroatoms. The van der Waals surface area contributed by atoms with E-state index in [1.165, 1.54) is 0 Å². The minimum Gasteiger partial charge on any atom is -0.444 e. The van der Waals surface area contributed by atoms with Gasteiger partial charge in [0.25, 0.3) is 0 Å². The molecule has 0 radical (unpaired) electrons. The van der Waals surface area contributed by atoms with Crippen LogP contribution >= 0.6 is 0 Å². The van der Waals surface area contributed by atoms with E-state index < -0.39 is 5.60 Å². The van der Waals surface area contributed by atoms with Crippen molar-refractivity contribution >= 4 is 11.8 Å². The van der Waals surface area contributed by atoms with E-state index in [9.17, 15) is 4.79 Å². The number of hydrogen-bond acceptors (Lipinski definition) is 4. The van der Waals surface area contributed by atoms with E-state index in [0.29, 0.717) is 11.8 Å². The van der Waals surface area contributed by atoms with Gasteiger partial charge in [-0.15, -0.1) is 0 Å². The highest BCUT2D eigenvalue weighted by Crippen LogP contribution is 2.56. The monoisotopic (exact) mass is 449 g/mol. The molecule has 0 bridgehead atoms. The lowest BCUT2D eigenvalue weighted by atomic mass is 9.71. The van der Waals surface area contributed by atoms with Gasteiger partial charge < -0.3 is 15.0 Å². The van der Waals surface area contributed by atoms with Crippen molar-refractivity contribution in [1.82, 2.24) is 10.2 Å². The Morgan fingerprint density at radius 1 is 1.24 bits per heavy atom. The van der Waals surface area contributed by atoms with Crippen LogP contribution in [0.15, 0.2) is 53.3 Å². The summed E-state index contributed by atoms with van der Waals surface area (Å²) in [7, 11) is 2.17. The molecule has 33 heavy (non-hydrogen) atoms. The summed E-state index contributed by atoms with van der Waals surface area (Å²) in [6, 6.07) is 8.61. The third-order valence-electron chi connectivity index (χ3n) is 8.17. The molecule has 4 rings (SSSR count). The Hall–Kier alpha value is -2.56. The van der Waals surface area contributed by atoms with E-state index in [1.807, 2.05) is 20.8 Å². The van der Waals surface area contributed by atoms with Gasteiger partial charge in [-0.25, -0.2) is 4.79 Å². The molecule has 1 N–H and O–H groups in total. The Morgan fingerprint density at radius 2 is 1.88 bits per heavy atom. The second kappa shape index (κ2) is 8.03. The summed E-state index contributed by atoms with van der Waals surface area (Å²) >= 11 is 0. The molecule has 1 aromatic rings. The van der Waals surface area contributed by atoms with Crippen molar-refractivity contribution in [3.05, 3.63) is 59.4 Å². The smallest absolute Gasteiger partial charge is 0.408 e. The standard InChI is InChI=1S/C28H39N3O2/c1-18-17-31(8)27(7)19(2)23(27)16-24(29-20(18)3)21-10-12-22(13-11-21)28(14-9-15-28)30-25(32)33-26(4,5)6/h10-13,17,19,23H,3,9,14-16H2,1-2,4-8H3,(H,30,32)/b18-17-,29-24?/t19-,23?,27-/m1/s1. The number of allylic oxidation sites excluding steroid dienone is 1. The summed E-state index contributed by atoms with van der Waals surface area (Å²) in [6.45, 7) is 16.7. The van der Waals surface area contributed by atoms with Crippen LogP contribution in [-0.4, -0.2) is 34.9 Å². The topological polar surface area (TPSA) is 53.9 Å². The zero-order valence-electron chi connectivity index (χ0n) is 21.3. The lowest BCUT2D eigenvalue weighted by molar-refractivity contribution is 0.0377. The van der Waals surface area contributed by atoms with Crippen LogP contribution in [0.25, 0.3) is 0 Å². The number of carbonyl (C=O) groups is 1. The molecule has 2 saturated carbocycles. The van der Waals surface area contributed by atoms with E-state index in [0.717, 1.165) is 53.8 Å². The van der Waals surface area contributed by atoms with Crippen molar-refractivity contribution in [2.75, 3.05) is 7.05 Å². The molecular weight excluding hydrogens is 410 g/mol. The molecule has 1 aliphatic heterocycles. The quantitative estimate of drug-likeness (QED) is 0.601. The number of carbonyl (C=O) groups excluding carboxylic acids is 1. The summed E-state index contributed by atoms with van der Waals surface area (Å²) in [5.41, 5.74) is 4.58. The van der Waals surface area contributed by atoms with Crippen molar-refractivity contribution in [2.45, 2.75) is 83.9 Å². The second-order valence-corrected chi connectivity index (χ2v) is 11.4. The summed E-state index contributed by atoms with van der Waals surface area (Å²) in [4.78, 5) is 19.8. The van der Waals surface area contributed by atoms with Crippen LogP contribution < -0.4 is 5.32 Å². The Balaban J connectivity index is 1.58. The lowest BCUT2D eigenvalue weighted by Crippen LogP contribution is -2.52. The molecule has 2 fully saturated rings. The number of ether oxygens (including phenoxy) is 1. The van der Waals surface area contributed by atoms with Gasteiger partial charge in [0, 0.05) is 24.5 Å². The van der Waals surface area contributed by atoms with Crippen LogP contribution in [0.3, 0.4) is 0 Å². The van der Waals surface area contributed by atoms with E-state index in [4.69, 9.17) is 9.73 Å². The van der Waals surface area contributed by atoms with Crippen LogP contribution in [-0.2, 0) is 10.3 Å². The van der Waals surface area contributed by atoms with Gasteiger partial charge in [0.1, 0.15) is 5.60 Å². The first kappa shape index (κ1) is 23.6. The van der Waals surface area contributed by atoms with Crippen LogP contribution in [0.5, 0.6) is 0 Å². The highest BCUT2D eigenvalue weighted by atomic mass is 16.6. The number of nitrogens with one attached hydrogen (secondary N) is 1. The average Bonchev–Trinajstić information content (AvgIpc) is 3.22. The minimum atomic E-state index is -0.509. The third-order valence-corrected chi connectivity index (χ3v) is 8.17. The number of alkyl carbamates (subject to hydrolysis) is 1. The predicted molar refractivity (Wildman–Crippen MR) is 134 cm³/mol. The van der Waals surface area contributed by atoms with Crippen molar-refractivity contribution in [1.29, 1.82) is 0 Å². The van der Waals surface area contributed by atoms with Crippen LogP contribution in [0, 0.1) is 11.8 Å². The predicted octanol–water partition coefficient (Wildman–Crippen LogP) is 6.16. The molecule has 1 unspecified atom stereocenters. The van der Waals surface area contributed by atoms with Gasteiger partial charge in [-0.1, -0.05) is 37.8 Å². The Labute approximate surface area is 199 Å². The average molecular weight is 450 g/mol. The van der Waals surface area contributed by atoms with Crippen LogP contribution in [0.1, 0.15) is 78.4 Å². The maximum atomic E-state index is 12.5. The Kier molecular flexibility index (Phi) is 5.74. The second-order valence-electron chi connectivity index (χ2n) is 11.4. The van der Waals surface area contributed by atoms with Gasteiger partial charge in [-0.2, -0.15) is 0 Å². The molecule has 0 spiro atoms. The number of aliphatic imine (C=N–C) groups is 1. The van der Waals surface area contributed by atoms with Crippen molar-refractivity contribution in [3.63, 3.8) is 0 Å². The molecule has 0 aromatic heterocycles. The minimum absolute atomic E-state index is 0.153. The maximum absolute atomic E-state index is 12.5. The first-order valence-corrected chi connectivity index (χ1v) is 12.2. The number of rotatable bonds is 3. The van der Waals surface area contributed by atoms with E-state index >= 15 is 0 Å². The van der Waals surface area contributed by atoms with Gasteiger partial charge in [-0.3, -0.25) is 4.99 Å². The maximum Gasteiger partial charge on any atom is 0.408 e. The number of fused-ring (bicyclic) bond motifs is 1. The van der Waals surface area contributed by atoms with E-state index in [1.54, 1.807) is 0 Å². The summed E-state index contributed by atoms with van der Waals surface area (Å²) < 4.78 is 5.53. The van der Waals surface area contributed by atoms with E-state index in [-0.39, 0.29) is 17.2 Å². The molecule has 3 atom stereocenters. The molecule has 1 heterocycles. The fourth-order valence-corrected chi connectivity index (χ4v) is 5.47. The Bertz CT molecular complexity index is 1010. The first-order chi connectivity index (χ1) is 15.4. The largest absolute Gasteiger partial charge is 0.444 e. The zero-order valence-corrected chi connectivity index (χ0v) is 21.3. The SMILES string of the molecule is C=C1N=C(c2ccc(C3(NC(=O)OC(C)(C)C)CCC3)cc2)CC2[C@@H](C)[C@@]2(C)N(C)/C=C\1C. The first-order valence-electron chi connectivity index (χ1n) is 12.2. The Morgan fingerprint density at radius 3 is 2.42 bits per heavy atom. The van der Waals surface area contributed by atoms with Gasteiger partial charge in [0.05, 0.1) is 11.2 Å². The van der Waals surface area contributed by atoms with Gasteiger partial charge >= 0.3 is 6.09 Å². The fraction of sp³-hybridized carbons (Fsp3) is 0.571. The molecule has 2 aliphatic carbocycles. The molecule has 178 valence electrons. The molecule has 1 aromatic carbocycles. The van der Waals surface area contributed by atoms with Crippen LogP contribution in [0.2, 0.25) is 0 Å². The van der Waals surface area contributed by atoms with Crippen molar-refractivity contribution in [3.8, 4) is 0 Å². The number of nitrogens with zero attached hydrogens (tertiary/aromatic N) is 2. The number of amides is 1. The van der Waals surface area contributed by atoms with Gasteiger partial charge in [0.15, 0.2) is 0 Å². The lowest BCUT2D eigenvalue weighted by Gasteiger charge is -2.43. The van der Waals surface area contributed by atoms with Gasteiger partial charge in [-0.05, 0) is 88.8 Å². The highest BCUT2D eigenvalue weighted by Gasteiger charge is 2.60. The normalized spacial score (nSPS) is 30.4. The van der Waals surface area contributed by atoms with Gasteiger partial charge in [0.2, 0.25) is 0 Å². The summed E-state index contributed by atoms with van der Waals surface area (Å²) in [5, 5.41) is 3.15. The van der Waals surface area contributed by atoms with Crippen LogP contribution in [0.4, 0.5) is 4.79 Å². The molecular formula is C28H39N3O2. The number of hydrogen-bond donors (Lipinski definition) is 1. The van der Waals surface area contributed by atoms with Crippen molar-refractivity contribution in [2.24, 2.45) is 16.8 Å². The summed E-state index contributed by atoms with van der Waals surface area (Å²) in [6.07, 6.45) is 5.73. The zero-order chi connectivity index (χ0) is 24.2. The summed E-state index contributed by atoms with van der Waals surface area (Å²) in [5.74, 6) is 1.17. The highest BCUT2D eigenvalue weighted by molar-refractivity contribution is 6.02.